The van der Waals surface area contributed by atoms with Gasteiger partial charge < -0.3 is 0 Å². The van der Waals surface area contributed by atoms with Gasteiger partial charge in [0.05, 0.1) is 0 Å². The number of benzene rings is 2. The van der Waals surface area contributed by atoms with Crippen LogP contribution >= 0.6 is 126 Å². The molecule has 0 aromatic heterocycles. The van der Waals surface area contributed by atoms with Gasteiger partial charge >= 0.3 is 0 Å². The summed E-state index contributed by atoms with van der Waals surface area (Å²) in [6, 6.07) is 9.08. The summed E-state index contributed by atoms with van der Waals surface area (Å²) in [7, 11) is 0. The minimum absolute atomic E-state index is 1.33. The second kappa shape index (κ2) is 9.20. The molecule has 112 valence electrons. The van der Waals surface area contributed by atoms with E-state index in [0.29, 0.717) is 0 Å². The first kappa shape index (κ1) is 19.7. The highest BCUT2D eigenvalue weighted by Crippen LogP contribution is 2.41. The predicted molar refractivity (Wildman–Crippen MR) is 131 cm³/mol. The van der Waals surface area contributed by atoms with E-state index in [2.05, 4.69) is 127 Å². The minimum Gasteiger partial charge on any atom is -0.130 e. The van der Waals surface area contributed by atoms with Crippen molar-refractivity contribution in [1.82, 2.24) is 0 Å². The molecule has 2 aromatic carbocycles. The molecule has 0 spiro atoms. The summed E-state index contributed by atoms with van der Waals surface area (Å²) in [5.41, 5.74) is 0. The van der Waals surface area contributed by atoms with Crippen molar-refractivity contribution in [3.05, 3.63) is 38.5 Å². The van der Waals surface area contributed by atoms with Gasteiger partial charge in [0.25, 0.3) is 0 Å². The quantitative estimate of drug-likeness (QED) is 0.231. The van der Waals surface area contributed by atoms with Crippen LogP contribution in [0.25, 0.3) is 0 Å². The molecule has 0 aliphatic carbocycles. The fourth-order valence-electron chi connectivity index (χ4n) is 1.61. The molecule has 0 aliphatic rings. The first-order chi connectivity index (χ1) is 9.96. The van der Waals surface area contributed by atoms with E-state index in [9.17, 15) is 0 Å². The number of halogens is 4. The van der Waals surface area contributed by atoms with Crippen molar-refractivity contribution < 1.29 is 0 Å². The molecule has 21 heavy (non-hydrogen) atoms. The van der Waals surface area contributed by atoms with Gasteiger partial charge in [0.15, 0.2) is 0 Å². The first-order valence-corrected chi connectivity index (χ1v) is 13.3. The second-order valence-corrected chi connectivity index (χ2v) is 11.4. The maximum atomic E-state index is 2.45. The molecule has 7 heteroatoms. The van der Waals surface area contributed by atoms with Gasteiger partial charge in [-0.15, -0.1) is 23.5 Å². The third-order valence-corrected chi connectivity index (χ3v) is 10.2. The van der Waals surface area contributed by atoms with Gasteiger partial charge in [-0.05, 0) is 127 Å². The zero-order chi connectivity index (χ0) is 15.6. The lowest BCUT2D eigenvalue weighted by Crippen LogP contribution is -1.91. The van der Waals surface area contributed by atoms with E-state index >= 15 is 0 Å². The summed E-state index contributed by atoms with van der Waals surface area (Å²) in [6.45, 7) is 0. The highest BCUT2D eigenvalue weighted by Gasteiger charge is 2.14. The van der Waals surface area contributed by atoms with Crippen molar-refractivity contribution in [3.63, 3.8) is 0 Å². The number of thioether (sulfide) groups is 2. The van der Waals surface area contributed by atoms with Gasteiger partial charge in [-0.3, -0.25) is 0 Å². The Balaban J connectivity index is 2.43. The van der Waals surface area contributed by atoms with E-state index in [-0.39, 0.29) is 0 Å². The molecule has 0 saturated carbocycles. The Morgan fingerprint density at radius 3 is 1.14 bits per heavy atom. The smallest absolute Gasteiger partial charge is 0.0391 e. The van der Waals surface area contributed by atoms with E-state index < -0.39 is 0 Å². The number of hydrogen-bond donors (Lipinski definition) is 0. The minimum atomic E-state index is 1.33. The molecule has 2 aromatic rings. The van der Waals surface area contributed by atoms with Crippen LogP contribution in [0.2, 0.25) is 0 Å². The van der Waals surface area contributed by atoms with Crippen molar-refractivity contribution in [2.45, 2.75) is 19.6 Å². The summed E-state index contributed by atoms with van der Waals surface area (Å²) in [6.07, 6.45) is 4.25. The molecule has 2 rings (SSSR count). The van der Waals surface area contributed by atoms with Crippen LogP contribution < -0.4 is 0 Å². The fraction of sp³-hybridized carbons (Fsp3) is 0.143. The monoisotopic (exact) mass is 782 g/mol. The lowest BCUT2D eigenvalue weighted by molar-refractivity contribution is 1.23. The van der Waals surface area contributed by atoms with Crippen LogP contribution in [0.1, 0.15) is 0 Å². The normalized spacial score (nSPS) is 11.0. The third-order valence-electron chi connectivity index (χ3n) is 2.62. The van der Waals surface area contributed by atoms with Gasteiger partial charge in [0.2, 0.25) is 0 Å². The van der Waals surface area contributed by atoms with Crippen LogP contribution in [0.15, 0.2) is 43.8 Å². The lowest BCUT2D eigenvalue weighted by atomic mass is 10.4. The fourth-order valence-corrected chi connectivity index (χ4v) is 9.08. The molecule has 0 unspecified atom stereocenters. The summed E-state index contributed by atoms with van der Waals surface area (Å²) in [5.74, 6) is 0. The second-order valence-electron chi connectivity index (χ2n) is 3.94. The Kier molecular flexibility index (Phi) is 8.65. The highest BCUT2D eigenvalue weighted by molar-refractivity contribution is 14.1. The summed E-state index contributed by atoms with van der Waals surface area (Å²) < 4.78 is 5.31. The summed E-state index contributed by atoms with van der Waals surface area (Å²) >= 11 is 15.3. The van der Waals surface area contributed by atoms with Gasteiger partial charge in [-0.25, -0.2) is 0 Å². The molecular formula is C14H10I4S3. The molecule has 0 heterocycles. The molecule has 0 N–H and O–H groups in total. The van der Waals surface area contributed by atoms with Crippen LogP contribution in [-0.4, -0.2) is 12.5 Å². The predicted octanol–water partition coefficient (Wildman–Crippen LogP) is 7.70. The molecule has 0 aliphatic heterocycles. The van der Waals surface area contributed by atoms with Crippen molar-refractivity contribution >= 4 is 126 Å². The Hall–Kier alpha value is 2.41. The van der Waals surface area contributed by atoms with Crippen LogP contribution in [0, 0.1) is 14.3 Å². The molecular weight excluding hydrogens is 772 g/mol. The standard InChI is InChI=1S/C14H10I4S3/c1-19-7-3-9(15)13(10(16)4-7)21-14-11(17)5-8(20-2)6-12(14)18/h3-6H,1-2H3. The van der Waals surface area contributed by atoms with Gasteiger partial charge in [-0.1, -0.05) is 11.8 Å². The van der Waals surface area contributed by atoms with Crippen LogP contribution in [-0.2, 0) is 0 Å². The van der Waals surface area contributed by atoms with E-state index in [1.54, 1.807) is 23.5 Å². The Morgan fingerprint density at radius 2 is 0.905 bits per heavy atom. The lowest BCUT2D eigenvalue weighted by Gasteiger charge is -2.13. The van der Waals surface area contributed by atoms with E-state index in [0.717, 1.165) is 0 Å². The highest BCUT2D eigenvalue weighted by atomic mass is 127. The van der Waals surface area contributed by atoms with Crippen LogP contribution in [0.5, 0.6) is 0 Å². The van der Waals surface area contributed by atoms with Crippen molar-refractivity contribution in [3.8, 4) is 0 Å². The number of rotatable bonds is 4. The topological polar surface area (TPSA) is 0 Å². The molecule has 0 fully saturated rings. The Morgan fingerprint density at radius 1 is 0.619 bits per heavy atom. The zero-order valence-electron chi connectivity index (χ0n) is 11.0. The van der Waals surface area contributed by atoms with Gasteiger partial charge in [0, 0.05) is 33.9 Å². The molecule has 0 bridgehead atoms. The molecule has 0 nitrogen and oxygen atoms in total. The maximum absolute atomic E-state index is 2.45. The zero-order valence-corrected chi connectivity index (χ0v) is 22.1. The average Bonchev–Trinajstić information content (AvgIpc) is 2.44. The SMILES string of the molecule is CSc1cc(I)c(Sc2c(I)cc(SC)cc2I)c(I)c1. The van der Waals surface area contributed by atoms with Crippen molar-refractivity contribution in [2.24, 2.45) is 0 Å². The Bertz CT molecular complexity index is 570. The van der Waals surface area contributed by atoms with Crippen LogP contribution in [0.3, 0.4) is 0 Å². The molecule has 0 atom stereocenters. The number of hydrogen-bond acceptors (Lipinski definition) is 3. The van der Waals surface area contributed by atoms with E-state index in [4.69, 9.17) is 0 Å². The van der Waals surface area contributed by atoms with Gasteiger partial charge in [0.1, 0.15) is 0 Å². The average molecular weight is 782 g/mol. The first-order valence-electron chi connectivity index (χ1n) is 5.70. The Labute approximate surface area is 193 Å². The van der Waals surface area contributed by atoms with E-state index in [1.807, 2.05) is 11.8 Å². The summed E-state index contributed by atoms with van der Waals surface area (Å²) in [5, 5.41) is 0. The van der Waals surface area contributed by atoms with Crippen molar-refractivity contribution in [1.29, 1.82) is 0 Å². The maximum Gasteiger partial charge on any atom is 0.0391 e. The van der Waals surface area contributed by atoms with Gasteiger partial charge in [-0.2, -0.15) is 0 Å². The third kappa shape index (κ3) is 5.19. The summed E-state index contributed by atoms with van der Waals surface area (Å²) in [4.78, 5) is 5.38. The largest absolute Gasteiger partial charge is 0.130 e. The molecule has 0 radical (unpaired) electrons. The van der Waals surface area contributed by atoms with Crippen molar-refractivity contribution in [2.75, 3.05) is 12.5 Å². The van der Waals surface area contributed by atoms with Crippen LogP contribution in [0.4, 0.5) is 0 Å². The van der Waals surface area contributed by atoms with E-state index in [1.165, 1.54) is 33.9 Å². The molecule has 0 saturated heterocycles. The molecule has 0 amide bonds.